The van der Waals surface area contributed by atoms with Crippen molar-refractivity contribution in [2.24, 2.45) is 0 Å². The lowest BCUT2D eigenvalue weighted by molar-refractivity contribution is -0.110. The number of hydrogen-bond acceptors (Lipinski definition) is 3. The highest BCUT2D eigenvalue weighted by molar-refractivity contribution is 8.13. The van der Waals surface area contributed by atoms with Crippen LogP contribution >= 0.6 is 11.8 Å². The van der Waals surface area contributed by atoms with Gasteiger partial charge in [0.25, 0.3) is 0 Å². The van der Waals surface area contributed by atoms with E-state index in [1.165, 1.54) is 17.2 Å². The summed E-state index contributed by atoms with van der Waals surface area (Å²) in [4.78, 5) is 12.3. The monoisotopic (exact) mass is 346 g/mol. The molecule has 0 aromatic heterocycles. The predicted octanol–water partition coefficient (Wildman–Crippen LogP) is 5.61. The Bertz CT molecular complexity index is 741. The van der Waals surface area contributed by atoms with Gasteiger partial charge in [0.15, 0.2) is 5.12 Å². The second-order valence-corrected chi connectivity index (χ2v) is 6.83. The Morgan fingerprint density at radius 3 is 2.58 bits per heavy atom. The fourth-order valence-electron chi connectivity index (χ4n) is 2.51. The third kappa shape index (κ3) is 4.38. The van der Waals surface area contributed by atoms with E-state index in [2.05, 4.69) is 19.9 Å². The van der Waals surface area contributed by atoms with Gasteiger partial charge in [0.2, 0.25) is 0 Å². The molecule has 0 amide bonds. The van der Waals surface area contributed by atoms with Crippen LogP contribution in [0.3, 0.4) is 0 Å². The summed E-state index contributed by atoms with van der Waals surface area (Å²) in [5.74, 6) is 0.411. The van der Waals surface area contributed by atoms with Crippen molar-refractivity contribution in [2.75, 3.05) is 0 Å². The number of hydrogen-bond donors (Lipinski definition) is 0. The molecule has 0 saturated heterocycles. The zero-order chi connectivity index (χ0) is 17.7. The zero-order valence-corrected chi connectivity index (χ0v) is 15.4. The summed E-state index contributed by atoms with van der Waals surface area (Å²) in [7, 11) is 0. The number of rotatable bonds is 6. The van der Waals surface area contributed by atoms with Crippen molar-refractivity contribution in [3.63, 3.8) is 0 Å². The highest BCUT2D eigenvalue weighted by Gasteiger charge is 2.14. The largest absolute Gasteiger partial charge is 0.488 e. The molecule has 0 unspecified atom stereocenters. The van der Waals surface area contributed by atoms with E-state index in [1.54, 1.807) is 19.1 Å². The number of aryl methyl sites for hydroxylation is 3. The Morgan fingerprint density at radius 2 is 1.92 bits per heavy atom. The second kappa shape index (κ2) is 8.34. The smallest absolute Gasteiger partial charge is 0.193 e. The Kier molecular flexibility index (Phi) is 6.44. The Labute approximate surface area is 147 Å². The van der Waals surface area contributed by atoms with E-state index in [9.17, 15) is 9.18 Å². The molecule has 0 aliphatic heterocycles. The number of halogens is 1. The van der Waals surface area contributed by atoms with Crippen molar-refractivity contribution < 1.29 is 13.9 Å². The van der Waals surface area contributed by atoms with Crippen LogP contribution in [0.2, 0.25) is 0 Å². The van der Waals surface area contributed by atoms with Crippen molar-refractivity contribution >= 4 is 16.9 Å². The molecule has 2 rings (SSSR count). The highest BCUT2D eigenvalue weighted by atomic mass is 32.2. The highest BCUT2D eigenvalue weighted by Crippen LogP contribution is 2.29. The van der Waals surface area contributed by atoms with Gasteiger partial charge in [-0.15, -0.1) is 0 Å². The van der Waals surface area contributed by atoms with Gasteiger partial charge in [-0.1, -0.05) is 37.7 Å². The van der Waals surface area contributed by atoms with Crippen molar-refractivity contribution in [3.8, 4) is 5.75 Å². The lowest BCUT2D eigenvalue weighted by Gasteiger charge is -2.15. The van der Waals surface area contributed by atoms with Gasteiger partial charge in [-0.05, 0) is 55.2 Å². The molecule has 2 aromatic carbocycles. The van der Waals surface area contributed by atoms with Crippen LogP contribution < -0.4 is 4.74 Å². The molecule has 0 heterocycles. The average Bonchev–Trinajstić information content (AvgIpc) is 2.56. The topological polar surface area (TPSA) is 26.3 Å². The van der Waals surface area contributed by atoms with E-state index in [-0.39, 0.29) is 17.5 Å². The van der Waals surface area contributed by atoms with Crippen LogP contribution in [-0.4, -0.2) is 5.12 Å². The van der Waals surface area contributed by atoms with Crippen LogP contribution in [0, 0.1) is 19.7 Å². The molecule has 0 atom stereocenters. The van der Waals surface area contributed by atoms with Gasteiger partial charge in [0.1, 0.15) is 18.2 Å². The molecule has 128 valence electrons. The van der Waals surface area contributed by atoms with Gasteiger partial charge >= 0.3 is 0 Å². The standard InChI is InChI=1S/C20H23FO2S/c1-5-15-10-14(4)18(11-13(15)3)23-12-16-17(21)8-7-9-19(16)24-20(22)6-2/h7-11H,5-6,12H2,1-4H3. The minimum atomic E-state index is -0.344. The Hall–Kier alpha value is -1.81. The fourth-order valence-corrected chi connectivity index (χ4v) is 3.32. The van der Waals surface area contributed by atoms with Gasteiger partial charge in [-0.25, -0.2) is 4.39 Å². The molecule has 24 heavy (non-hydrogen) atoms. The summed E-state index contributed by atoms with van der Waals surface area (Å²) in [6.07, 6.45) is 1.39. The van der Waals surface area contributed by atoms with Gasteiger partial charge in [-0.3, -0.25) is 4.79 Å². The van der Waals surface area contributed by atoms with E-state index >= 15 is 0 Å². The first kappa shape index (κ1) is 18.5. The molecule has 0 spiro atoms. The van der Waals surface area contributed by atoms with Crippen LogP contribution in [0.15, 0.2) is 35.2 Å². The van der Waals surface area contributed by atoms with Crippen LogP contribution in [0.4, 0.5) is 4.39 Å². The molecular formula is C20H23FO2S. The average molecular weight is 346 g/mol. The molecule has 0 radical (unpaired) electrons. The minimum Gasteiger partial charge on any atom is -0.488 e. The first-order chi connectivity index (χ1) is 11.5. The van der Waals surface area contributed by atoms with Crippen molar-refractivity contribution in [1.29, 1.82) is 0 Å². The maximum Gasteiger partial charge on any atom is 0.193 e. The SMILES string of the molecule is CCC(=O)Sc1cccc(F)c1COc1cc(C)c(CC)cc1C. The molecule has 0 bridgehead atoms. The second-order valence-electron chi connectivity index (χ2n) is 5.73. The number of ether oxygens (including phenoxy) is 1. The van der Waals surface area contributed by atoms with Crippen LogP contribution in [0.1, 0.15) is 42.5 Å². The minimum absolute atomic E-state index is 0.0150. The molecule has 0 fully saturated rings. The maximum atomic E-state index is 14.2. The molecular weight excluding hydrogens is 323 g/mol. The molecule has 2 aromatic rings. The van der Waals surface area contributed by atoms with E-state index in [1.807, 2.05) is 13.0 Å². The third-order valence-corrected chi connectivity index (χ3v) is 5.09. The number of carbonyl (C=O) groups excluding carboxylic acids is 1. The Balaban J connectivity index is 2.23. The number of carbonyl (C=O) groups is 1. The molecule has 0 N–H and O–H groups in total. The zero-order valence-electron chi connectivity index (χ0n) is 14.6. The quantitative estimate of drug-likeness (QED) is 0.636. The van der Waals surface area contributed by atoms with Gasteiger partial charge in [0, 0.05) is 16.9 Å². The van der Waals surface area contributed by atoms with Gasteiger partial charge in [0.05, 0.1) is 0 Å². The third-order valence-electron chi connectivity index (χ3n) is 3.97. The van der Waals surface area contributed by atoms with Crippen molar-refractivity contribution in [2.45, 2.75) is 52.0 Å². The number of thioether (sulfide) groups is 1. The van der Waals surface area contributed by atoms with Crippen LogP contribution in [-0.2, 0) is 17.8 Å². The molecule has 4 heteroatoms. The van der Waals surface area contributed by atoms with E-state index in [0.29, 0.717) is 16.9 Å². The summed E-state index contributed by atoms with van der Waals surface area (Å²) < 4.78 is 20.1. The lowest BCUT2D eigenvalue weighted by Crippen LogP contribution is -2.03. The normalized spacial score (nSPS) is 10.7. The van der Waals surface area contributed by atoms with Gasteiger partial charge in [-0.2, -0.15) is 0 Å². The number of benzene rings is 2. The molecule has 0 aliphatic carbocycles. The molecule has 0 saturated carbocycles. The van der Waals surface area contributed by atoms with Crippen molar-refractivity contribution in [3.05, 3.63) is 58.4 Å². The summed E-state index contributed by atoms with van der Waals surface area (Å²) in [5, 5.41) is 0.0150. The van der Waals surface area contributed by atoms with Crippen LogP contribution in [0.25, 0.3) is 0 Å². The summed E-state index contributed by atoms with van der Waals surface area (Å²) in [6, 6.07) is 8.90. The van der Waals surface area contributed by atoms with E-state index in [0.717, 1.165) is 29.5 Å². The van der Waals surface area contributed by atoms with Crippen molar-refractivity contribution in [1.82, 2.24) is 0 Å². The van der Waals surface area contributed by atoms with Gasteiger partial charge < -0.3 is 4.74 Å². The maximum absolute atomic E-state index is 14.2. The summed E-state index contributed by atoms with van der Waals surface area (Å²) >= 11 is 1.07. The first-order valence-electron chi connectivity index (χ1n) is 8.17. The fraction of sp³-hybridized carbons (Fsp3) is 0.350. The van der Waals surface area contributed by atoms with E-state index < -0.39 is 0 Å². The molecule has 0 aliphatic rings. The summed E-state index contributed by atoms with van der Waals surface area (Å²) in [6.45, 7) is 8.07. The van der Waals surface area contributed by atoms with E-state index in [4.69, 9.17) is 4.74 Å². The molecule has 2 nitrogen and oxygen atoms in total. The predicted molar refractivity (Wildman–Crippen MR) is 97.2 cm³/mol. The first-order valence-corrected chi connectivity index (χ1v) is 8.98. The van der Waals surface area contributed by atoms with Crippen LogP contribution in [0.5, 0.6) is 5.75 Å². The summed E-state index contributed by atoms with van der Waals surface area (Å²) in [5.41, 5.74) is 3.92. The lowest BCUT2D eigenvalue weighted by atomic mass is 10.0. The Morgan fingerprint density at radius 1 is 1.17 bits per heavy atom.